The summed E-state index contributed by atoms with van der Waals surface area (Å²) in [7, 11) is 3.41. The van der Waals surface area contributed by atoms with Crippen molar-refractivity contribution in [2.45, 2.75) is 32.4 Å². The lowest BCUT2D eigenvalue weighted by Crippen LogP contribution is -2.35. The lowest BCUT2D eigenvalue weighted by Gasteiger charge is -2.27. The smallest absolute Gasteiger partial charge is 0.126 e. The Morgan fingerprint density at radius 3 is 2.75 bits per heavy atom. The maximum atomic E-state index is 5.44. The fourth-order valence-electron chi connectivity index (χ4n) is 2.23. The van der Waals surface area contributed by atoms with Gasteiger partial charge >= 0.3 is 0 Å². The second kappa shape index (κ2) is 4.74. The lowest BCUT2D eigenvalue weighted by atomic mass is 9.93. The molecule has 2 rings (SSSR count). The number of ether oxygens (including phenoxy) is 2. The standard InChI is InChI=1S/C13H19NO2/c1-4-10-6-12-9(8-14-10)5-11(15-2)7-13(12)16-3/h5,7,10,14H,4,6,8H2,1-3H3. The molecule has 16 heavy (non-hydrogen) atoms. The highest BCUT2D eigenvalue weighted by molar-refractivity contribution is 5.48. The minimum atomic E-state index is 0.565. The molecule has 1 aromatic carbocycles. The summed E-state index contributed by atoms with van der Waals surface area (Å²) >= 11 is 0. The van der Waals surface area contributed by atoms with Crippen molar-refractivity contribution in [3.63, 3.8) is 0 Å². The Kier molecular flexibility index (Phi) is 3.34. The molecule has 1 aromatic rings. The van der Waals surface area contributed by atoms with Gasteiger partial charge in [0.05, 0.1) is 14.2 Å². The first kappa shape index (κ1) is 11.3. The highest BCUT2D eigenvalue weighted by Crippen LogP contribution is 2.32. The Bertz CT molecular complexity index is 359. The summed E-state index contributed by atoms with van der Waals surface area (Å²) in [6.45, 7) is 3.11. The van der Waals surface area contributed by atoms with Crippen LogP contribution in [-0.2, 0) is 13.0 Å². The van der Waals surface area contributed by atoms with Gasteiger partial charge in [0.25, 0.3) is 0 Å². The maximum absolute atomic E-state index is 5.44. The van der Waals surface area contributed by atoms with E-state index in [4.69, 9.17) is 9.47 Å². The lowest BCUT2D eigenvalue weighted by molar-refractivity contribution is 0.378. The summed E-state index contributed by atoms with van der Waals surface area (Å²) in [6.07, 6.45) is 2.19. The normalized spacial score (nSPS) is 19.1. The Morgan fingerprint density at radius 1 is 1.31 bits per heavy atom. The van der Waals surface area contributed by atoms with E-state index in [0.29, 0.717) is 6.04 Å². The minimum absolute atomic E-state index is 0.565. The molecular weight excluding hydrogens is 202 g/mol. The first-order valence-corrected chi connectivity index (χ1v) is 5.75. The van der Waals surface area contributed by atoms with Crippen LogP contribution in [0.1, 0.15) is 24.5 Å². The summed E-state index contributed by atoms with van der Waals surface area (Å²) in [5.74, 6) is 1.82. The molecule has 0 saturated heterocycles. The number of hydrogen-bond acceptors (Lipinski definition) is 3. The summed E-state index contributed by atoms with van der Waals surface area (Å²) in [4.78, 5) is 0. The van der Waals surface area contributed by atoms with Crippen LogP contribution in [0.15, 0.2) is 12.1 Å². The summed E-state index contributed by atoms with van der Waals surface area (Å²) in [5, 5.41) is 3.52. The van der Waals surface area contributed by atoms with Gasteiger partial charge < -0.3 is 14.8 Å². The van der Waals surface area contributed by atoms with E-state index in [-0.39, 0.29) is 0 Å². The number of fused-ring (bicyclic) bond motifs is 1. The van der Waals surface area contributed by atoms with E-state index < -0.39 is 0 Å². The minimum Gasteiger partial charge on any atom is -0.497 e. The Labute approximate surface area is 96.8 Å². The van der Waals surface area contributed by atoms with Gasteiger partial charge in [-0.15, -0.1) is 0 Å². The van der Waals surface area contributed by atoms with E-state index >= 15 is 0 Å². The SMILES string of the molecule is CCC1Cc2c(cc(OC)cc2OC)CN1. The summed E-state index contributed by atoms with van der Waals surface area (Å²) in [5.41, 5.74) is 2.62. The van der Waals surface area contributed by atoms with Crippen LogP contribution in [-0.4, -0.2) is 20.3 Å². The average molecular weight is 221 g/mol. The van der Waals surface area contributed by atoms with Crippen LogP contribution in [0.5, 0.6) is 11.5 Å². The third-order valence-corrected chi connectivity index (χ3v) is 3.26. The van der Waals surface area contributed by atoms with Gasteiger partial charge in [0, 0.05) is 24.2 Å². The van der Waals surface area contributed by atoms with E-state index in [1.54, 1.807) is 14.2 Å². The monoisotopic (exact) mass is 221 g/mol. The van der Waals surface area contributed by atoms with Crippen LogP contribution >= 0.6 is 0 Å². The molecule has 0 bridgehead atoms. The summed E-state index contributed by atoms with van der Waals surface area (Å²) in [6, 6.07) is 4.63. The molecule has 1 aliphatic rings. The second-order valence-electron chi connectivity index (χ2n) is 4.16. The van der Waals surface area contributed by atoms with Crippen LogP contribution in [0.25, 0.3) is 0 Å². The van der Waals surface area contributed by atoms with Crippen molar-refractivity contribution < 1.29 is 9.47 Å². The van der Waals surface area contributed by atoms with Crippen LogP contribution in [0.2, 0.25) is 0 Å². The van der Waals surface area contributed by atoms with Gasteiger partial charge in [0.15, 0.2) is 0 Å². The van der Waals surface area contributed by atoms with Crippen molar-refractivity contribution in [3.8, 4) is 11.5 Å². The fourth-order valence-corrected chi connectivity index (χ4v) is 2.23. The maximum Gasteiger partial charge on any atom is 0.126 e. The highest BCUT2D eigenvalue weighted by atomic mass is 16.5. The van der Waals surface area contributed by atoms with Crippen molar-refractivity contribution in [3.05, 3.63) is 23.3 Å². The molecule has 0 aliphatic carbocycles. The molecule has 3 nitrogen and oxygen atoms in total. The topological polar surface area (TPSA) is 30.5 Å². The Hall–Kier alpha value is -1.22. The molecule has 0 aromatic heterocycles. The van der Waals surface area contributed by atoms with Crippen molar-refractivity contribution in [1.29, 1.82) is 0 Å². The molecule has 1 heterocycles. The van der Waals surface area contributed by atoms with E-state index in [0.717, 1.165) is 30.9 Å². The van der Waals surface area contributed by atoms with Gasteiger partial charge in [-0.25, -0.2) is 0 Å². The number of hydrogen-bond donors (Lipinski definition) is 1. The van der Waals surface area contributed by atoms with Gasteiger partial charge in [-0.3, -0.25) is 0 Å². The molecule has 0 amide bonds. The van der Waals surface area contributed by atoms with Crippen LogP contribution in [0.3, 0.4) is 0 Å². The van der Waals surface area contributed by atoms with Crippen molar-refractivity contribution in [1.82, 2.24) is 5.32 Å². The third kappa shape index (κ3) is 2.00. The van der Waals surface area contributed by atoms with Gasteiger partial charge in [-0.1, -0.05) is 6.92 Å². The Balaban J connectivity index is 2.38. The quantitative estimate of drug-likeness (QED) is 0.848. The average Bonchev–Trinajstić information content (AvgIpc) is 2.36. The summed E-state index contributed by atoms with van der Waals surface area (Å²) < 4.78 is 10.7. The van der Waals surface area contributed by atoms with Gasteiger partial charge in [-0.05, 0) is 24.5 Å². The zero-order valence-electron chi connectivity index (χ0n) is 10.2. The van der Waals surface area contributed by atoms with Crippen molar-refractivity contribution >= 4 is 0 Å². The first-order valence-electron chi connectivity index (χ1n) is 5.75. The zero-order chi connectivity index (χ0) is 11.5. The van der Waals surface area contributed by atoms with Crippen LogP contribution < -0.4 is 14.8 Å². The Morgan fingerprint density at radius 2 is 2.12 bits per heavy atom. The molecule has 1 unspecified atom stereocenters. The number of methoxy groups -OCH3 is 2. The predicted molar refractivity (Wildman–Crippen MR) is 64.2 cm³/mol. The molecule has 0 spiro atoms. The van der Waals surface area contributed by atoms with Crippen LogP contribution in [0, 0.1) is 0 Å². The number of benzene rings is 1. The fraction of sp³-hybridized carbons (Fsp3) is 0.538. The zero-order valence-corrected chi connectivity index (χ0v) is 10.2. The number of nitrogens with one attached hydrogen (secondary N) is 1. The predicted octanol–water partition coefficient (Wildman–Crippen LogP) is 2.13. The molecule has 1 atom stereocenters. The van der Waals surface area contributed by atoms with E-state index in [1.165, 1.54) is 11.1 Å². The largest absolute Gasteiger partial charge is 0.497 e. The molecule has 88 valence electrons. The molecule has 0 saturated carbocycles. The molecule has 0 fully saturated rings. The molecule has 1 aliphatic heterocycles. The van der Waals surface area contributed by atoms with E-state index in [9.17, 15) is 0 Å². The van der Waals surface area contributed by atoms with Crippen LogP contribution in [0.4, 0.5) is 0 Å². The molecule has 0 radical (unpaired) electrons. The van der Waals surface area contributed by atoms with E-state index in [1.807, 2.05) is 6.07 Å². The highest BCUT2D eigenvalue weighted by Gasteiger charge is 2.20. The van der Waals surface area contributed by atoms with Crippen molar-refractivity contribution in [2.24, 2.45) is 0 Å². The van der Waals surface area contributed by atoms with Crippen molar-refractivity contribution in [2.75, 3.05) is 14.2 Å². The van der Waals surface area contributed by atoms with Gasteiger partial charge in [0.1, 0.15) is 11.5 Å². The van der Waals surface area contributed by atoms with Gasteiger partial charge in [0.2, 0.25) is 0 Å². The molecule has 3 heteroatoms. The van der Waals surface area contributed by atoms with E-state index in [2.05, 4.69) is 18.3 Å². The number of rotatable bonds is 3. The second-order valence-corrected chi connectivity index (χ2v) is 4.16. The third-order valence-electron chi connectivity index (χ3n) is 3.26. The molecule has 1 N–H and O–H groups in total. The first-order chi connectivity index (χ1) is 7.78. The molecular formula is C13H19NO2. The van der Waals surface area contributed by atoms with Gasteiger partial charge in [-0.2, -0.15) is 0 Å².